The lowest BCUT2D eigenvalue weighted by molar-refractivity contribution is 0.0597. The number of fused-ring (bicyclic) bond motifs is 1. The average molecular weight is 498 g/mol. The van der Waals surface area contributed by atoms with E-state index >= 15 is 0 Å². The van der Waals surface area contributed by atoms with Crippen molar-refractivity contribution in [3.05, 3.63) is 104 Å². The second-order valence-electron chi connectivity index (χ2n) is 8.67. The van der Waals surface area contributed by atoms with Gasteiger partial charge in [0.15, 0.2) is 0 Å². The van der Waals surface area contributed by atoms with E-state index in [4.69, 9.17) is 31.8 Å². The Balaban J connectivity index is 1.94. The molecule has 6 N–H and O–H groups in total. The van der Waals surface area contributed by atoms with Gasteiger partial charge >= 0.3 is 5.97 Å². The first-order chi connectivity index (χ1) is 17.6. The summed E-state index contributed by atoms with van der Waals surface area (Å²) in [5.41, 5.74) is 14.4. The number of aryl methyl sites for hydroxylation is 2. The van der Waals surface area contributed by atoms with E-state index in [-0.39, 0.29) is 23.8 Å². The van der Waals surface area contributed by atoms with Crippen LogP contribution < -0.4 is 21.8 Å². The number of ether oxygens (including phenoxy) is 2. The van der Waals surface area contributed by atoms with Gasteiger partial charge < -0.3 is 25.5 Å². The standard InChI is InChI=1S/C28H27N5O4/c1-15-10-21(37-20-9-5-8-19(12-20)26(31)32)13-22-23(15)16(2)24(28(35)36-3)27(34)33(22)14-17-6-4-7-18(11-17)25(29)30/h4-13H,14H2,1-3H3,(H3,29,30)(H3,31,32). The summed E-state index contributed by atoms with van der Waals surface area (Å²) in [5.74, 6) is 0.0839. The van der Waals surface area contributed by atoms with Gasteiger partial charge in [0, 0.05) is 22.6 Å². The number of carbonyl (C=O) groups excluding carboxylic acids is 1. The number of rotatable bonds is 7. The molecule has 37 heavy (non-hydrogen) atoms. The molecule has 0 aliphatic carbocycles. The van der Waals surface area contributed by atoms with Crippen LogP contribution in [-0.4, -0.2) is 29.3 Å². The third kappa shape index (κ3) is 4.92. The molecule has 0 fully saturated rings. The predicted octanol–water partition coefficient (Wildman–Crippen LogP) is 3.81. The lowest BCUT2D eigenvalue weighted by atomic mass is 9.99. The maximum Gasteiger partial charge on any atom is 0.343 e. The van der Waals surface area contributed by atoms with Gasteiger partial charge in [-0.25, -0.2) is 4.79 Å². The van der Waals surface area contributed by atoms with Crippen molar-refractivity contribution in [2.45, 2.75) is 20.4 Å². The fourth-order valence-electron chi connectivity index (χ4n) is 4.41. The van der Waals surface area contributed by atoms with Crippen LogP contribution in [0.25, 0.3) is 10.9 Å². The minimum absolute atomic E-state index is 0.0383. The van der Waals surface area contributed by atoms with Crippen molar-refractivity contribution in [2.75, 3.05) is 7.11 Å². The van der Waals surface area contributed by atoms with Gasteiger partial charge in [-0.3, -0.25) is 15.6 Å². The van der Waals surface area contributed by atoms with Gasteiger partial charge in [0.25, 0.3) is 5.56 Å². The number of methoxy groups -OCH3 is 1. The van der Waals surface area contributed by atoms with Gasteiger partial charge in [-0.15, -0.1) is 0 Å². The smallest absolute Gasteiger partial charge is 0.343 e. The van der Waals surface area contributed by atoms with E-state index in [1.807, 2.05) is 19.1 Å². The molecule has 0 aliphatic rings. The summed E-state index contributed by atoms with van der Waals surface area (Å²) in [5, 5.41) is 16.1. The molecule has 4 aromatic rings. The van der Waals surface area contributed by atoms with Gasteiger partial charge in [0.2, 0.25) is 0 Å². The molecule has 0 spiro atoms. The van der Waals surface area contributed by atoms with Crippen LogP contribution in [0, 0.1) is 24.7 Å². The van der Waals surface area contributed by atoms with Crippen molar-refractivity contribution in [1.82, 2.24) is 4.57 Å². The topological polar surface area (TPSA) is 157 Å². The molecular weight excluding hydrogens is 470 g/mol. The minimum Gasteiger partial charge on any atom is -0.465 e. The fourth-order valence-corrected chi connectivity index (χ4v) is 4.41. The van der Waals surface area contributed by atoms with Crippen LogP contribution in [-0.2, 0) is 11.3 Å². The number of pyridine rings is 1. The monoisotopic (exact) mass is 497 g/mol. The Bertz CT molecular complexity index is 1640. The molecule has 9 heteroatoms. The Kier molecular flexibility index (Phi) is 6.79. The molecule has 0 bridgehead atoms. The van der Waals surface area contributed by atoms with E-state index in [1.165, 1.54) is 11.7 Å². The zero-order chi connectivity index (χ0) is 26.9. The highest BCUT2D eigenvalue weighted by molar-refractivity contribution is 5.99. The predicted molar refractivity (Wildman–Crippen MR) is 143 cm³/mol. The van der Waals surface area contributed by atoms with Crippen LogP contribution in [0.3, 0.4) is 0 Å². The number of nitrogens with one attached hydrogen (secondary N) is 2. The van der Waals surface area contributed by atoms with Crippen molar-refractivity contribution in [2.24, 2.45) is 11.5 Å². The molecule has 0 unspecified atom stereocenters. The first-order valence-corrected chi connectivity index (χ1v) is 11.4. The summed E-state index contributed by atoms with van der Waals surface area (Å²) in [6, 6.07) is 17.5. The first kappa shape index (κ1) is 25.2. The summed E-state index contributed by atoms with van der Waals surface area (Å²) in [7, 11) is 1.24. The molecule has 9 nitrogen and oxygen atoms in total. The Morgan fingerprint density at radius 2 is 1.57 bits per heavy atom. The number of benzene rings is 3. The van der Waals surface area contributed by atoms with E-state index in [0.717, 1.165) is 16.5 Å². The number of esters is 1. The Labute approximate surface area is 213 Å². The fraction of sp³-hybridized carbons (Fsp3) is 0.143. The summed E-state index contributed by atoms with van der Waals surface area (Å²) in [6.07, 6.45) is 0. The van der Waals surface area contributed by atoms with Crippen LogP contribution in [0.15, 0.2) is 65.5 Å². The largest absolute Gasteiger partial charge is 0.465 e. The van der Waals surface area contributed by atoms with Crippen molar-refractivity contribution in [3.63, 3.8) is 0 Å². The van der Waals surface area contributed by atoms with Crippen molar-refractivity contribution in [1.29, 1.82) is 10.8 Å². The van der Waals surface area contributed by atoms with Gasteiger partial charge in [0.05, 0.1) is 19.2 Å². The Hall–Kier alpha value is -4.92. The van der Waals surface area contributed by atoms with E-state index in [9.17, 15) is 9.59 Å². The third-order valence-electron chi connectivity index (χ3n) is 6.14. The number of nitrogens with two attached hydrogens (primary N) is 2. The third-order valence-corrected chi connectivity index (χ3v) is 6.14. The van der Waals surface area contributed by atoms with Crippen LogP contribution in [0.4, 0.5) is 0 Å². The minimum atomic E-state index is -0.712. The van der Waals surface area contributed by atoms with E-state index in [0.29, 0.717) is 33.7 Å². The molecule has 1 heterocycles. The summed E-state index contributed by atoms with van der Waals surface area (Å²) >= 11 is 0. The number of hydrogen-bond donors (Lipinski definition) is 4. The van der Waals surface area contributed by atoms with Crippen molar-refractivity contribution in [3.8, 4) is 11.5 Å². The molecule has 0 amide bonds. The molecule has 4 rings (SSSR count). The summed E-state index contributed by atoms with van der Waals surface area (Å²) in [6.45, 7) is 3.73. The van der Waals surface area contributed by atoms with Crippen LogP contribution >= 0.6 is 0 Å². The van der Waals surface area contributed by atoms with Crippen LogP contribution in [0.5, 0.6) is 11.5 Å². The molecule has 0 aliphatic heterocycles. The molecule has 0 radical (unpaired) electrons. The highest BCUT2D eigenvalue weighted by Crippen LogP contribution is 2.31. The SMILES string of the molecule is COC(=O)c1c(C)c2c(C)cc(Oc3cccc(C(=N)N)c3)cc2n(Cc2cccc(C(=N)N)c2)c1=O. The highest BCUT2D eigenvalue weighted by Gasteiger charge is 2.22. The quantitative estimate of drug-likeness (QED) is 0.173. The van der Waals surface area contributed by atoms with E-state index in [1.54, 1.807) is 55.5 Å². The maximum absolute atomic E-state index is 13.6. The van der Waals surface area contributed by atoms with Crippen LogP contribution in [0.1, 0.15) is 38.2 Å². The van der Waals surface area contributed by atoms with Gasteiger partial charge in [-0.1, -0.05) is 30.3 Å². The molecule has 3 aromatic carbocycles. The molecule has 0 saturated carbocycles. The molecule has 0 saturated heterocycles. The number of carbonyl (C=O) groups is 1. The zero-order valence-electron chi connectivity index (χ0n) is 20.7. The van der Waals surface area contributed by atoms with Crippen molar-refractivity contribution < 1.29 is 14.3 Å². The first-order valence-electron chi connectivity index (χ1n) is 11.4. The average Bonchev–Trinajstić information content (AvgIpc) is 2.86. The second kappa shape index (κ2) is 9.98. The van der Waals surface area contributed by atoms with Gasteiger partial charge in [0.1, 0.15) is 28.7 Å². The number of nitrogen functional groups attached to an aromatic ring is 2. The molecule has 188 valence electrons. The number of nitrogens with zero attached hydrogens (tertiary/aromatic N) is 1. The summed E-state index contributed by atoms with van der Waals surface area (Å²) < 4.78 is 12.5. The number of aromatic nitrogens is 1. The van der Waals surface area contributed by atoms with Gasteiger partial charge in [-0.05, 0) is 54.8 Å². The lowest BCUT2D eigenvalue weighted by Crippen LogP contribution is -2.29. The number of amidine groups is 2. The van der Waals surface area contributed by atoms with E-state index in [2.05, 4.69) is 0 Å². The molecule has 0 atom stereocenters. The van der Waals surface area contributed by atoms with Crippen molar-refractivity contribution >= 4 is 28.5 Å². The van der Waals surface area contributed by atoms with Crippen LogP contribution in [0.2, 0.25) is 0 Å². The Morgan fingerprint density at radius 3 is 2.22 bits per heavy atom. The van der Waals surface area contributed by atoms with E-state index < -0.39 is 11.5 Å². The maximum atomic E-state index is 13.6. The highest BCUT2D eigenvalue weighted by atomic mass is 16.5. The molecule has 1 aromatic heterocycles. The Morgan fingerprint density at radius 1 is 0.919 bits per heavy atom. The normalized spacial score (nSPS) is 10.8. The second-order valence-corrected chi connectivity index (χ2v) is 8.67. The molecular formula is C28H27N5O4. The lowest BCUT2D eigenvalue weighted by Gasteiger charge is -2.18. The zero-order valence-corrected chi connectivity index (χ0v) is 20.7. The van der Waals surface area contributed by atoms with Gasteiger partial charge in [-0.2, -0.15) is 0 Å². The summed E-state index contributed by atoms with van der Waals surface area (Å²) in [4.78, 5) is 26.3. The number of hydrogen-bond acceptors (Lipinski definition) is 6.